The van der Waals surface area contributed by atoms with Crippen LogP contribution in [0.25, 0.3) is 0 Å². The van der Waals surface area contributed by atoms with Gasteiger partial charge < -0.3 is 5.11 Å². The Morgan fingerprint density at radius 2 is 1.75 bits per heavy atom. The molecule has 0 radical (unpaired) electrons. The Morgan fingerprint density at radius 1 is 1.12 bits per heavy atom. The van der Waals surface area contributed by atoms with Crippen molar-refractivity contribution in [2.24, 2.45) is 0 Å². The van der Waals surface area contributed by atoms with Crippen LogP contribution in [0.3, 0.4) is 0 Å². The fraction of sp³-hybridized carbons (Fsp3) is 0.600. The first kappa shape index (κ1) is 11.5. The van der Waals surface area contributed by atoms with Gasteiger partial charge in [-0.2, -0.15) is 0 Å². The Balaban J connectivity index is 2.36. The maximum atomic E-state index is 9.96. The molecular weight excluding hydrogens is 196 g/mol. The molecule has 1 aromatic carbocycles. The lowest BCUT2D eigenvalue weighted by molar-refractivity contribution is 0.459. The normalized spacial score (nSPS) is 17.9. The lowest BCUT2D eigenvalue weighted by Crippen LogP contribution is -2.11. The Hall–Kier alpha value is -0.980. The molecule has 0 aliphatic heterocycles. The summed E-state index contributed by atoms with van der Waals surface area (Å²) >= 11 is 0. The van der Waals surface area contributed by atoms with Gasteiger partial charge >= 0.3 is 0 Å². The standard InChI is InChI=1S/C15H22O/c1-15(2,3)12-8-9-14(16)13(10-12)11-6-4-5-7-11/h8-11,16H,4-7H2,1-3H3. The molecular formula is C15H22O. The zero-order chi connectivity index (χ0) is 11.8. The highest BCUT2D eigenvalue weighted by Gasteiger charge is 2.22. The van der Waals surface area contributed by atoms with E-state index in [1.54, 1.807) is 0 Å². The van der Waals surface area contributed by atoms with Crippen molar-refractivity contribution in [3.8, 4) is 5.75 Å². The molecule has 1 aliphatic rings. The van der Waals surface area contributed by atoms with Gasteiger partial charge in [0, 0.05) is 0 Å². The molecule has 1 heteroatoms. The molecule has 0 unspecified atom stereocenters. The molecule has 0 amide bonds. The van der Waals surface area contributed by atoms with Crippen LogP contribution < -0.4 is 0 Å². The second-order valence-electron chi connectivity index (χ2n) is 6.00. The van der Waals surface area contributed by atoms with Gasteiger partial charge in [0.15, 0.2) is 0 Å². The van der Waals surface area contributed by atoms with Crippen molar-refractivity contribution in [3.05, 3.63) is 29.3 Å². The molecule has 0 bridgehead atoms. The minimum absolute atomic E-state index is 0.168. The molecule has 0 saturated heterocycles. The predicted octanol–water partition coefficient (Wildman–Crippen LogP) is 4.35. The van der Waals surface area contributed by atoms with Gasteiger partial charge in [-0.1, -0.05) is 45.7 Å². The summed E-state index contributed by atoms with van der Waals surface area (Å²) < 4.78 is 0. The fourth-order valence-corrected chi connectivity index (χ4v) is 2.58. The predicted molar refractivity (Wildman–Crippen MR) is 68.0 cm³/mol. The number of aromatic hydroxyl groups is 1. The van der Waals surface area contributed by atoms with Gasteiger partial charge in [-0.15, -0.1) is 0 Å². The van der Waals surface area contributed by atoms with Crippen molar-refractivity contribution in [1.82, 2.24) is 0 Å². The fourth-order valence-electron chi connectivity index (χ4n) is 2.58. The molecule has 88 valence electrons. The number of rotatable bonds is 1. The average molecular weight is 218 g/mol. The highest BCUT2D eigenvalue weighted by Crippen LogP contribution is 2.40. The number of hydrogen-bond donors (Lipinski definition) is 1. The Morgan fingerprint density at radius 3 is 2.31 bits per heavy atom. The van der Waals surface area contributed by atoms with Crippen molar-refractivity contribution < 1.29 is 5.11 Å². The van der Waals surface area contributed by atoms with E-state index in [1.165, 1.54) is 36.8 Å². The average Bonchev–Trinajstić information content (AvgIpc) is 2.69. The smallest absolute Gasteiger partial charge is 0.119 e. The summed E-state index contributed by atoms with van der Waals surface area (Å²) in [6.45, 7) is 6.66. The third-order valence-corrected chi connectivity index (χ3v) is 3.69. The lowest BCUT2D eigenvalue weighted by Gasteiger charge is -2.22. The Labute approximate surface area is 98.5 Å². The second kappa shape index (κ2) is 4.12. The molecule has 1 aliphatic carbocycles. The summed E-state index contributed by atoms with van der Waals surface area (Å²) in [6, 6.07) is 6.13. The van der Waals surface area contributed by atoms with Gasteiger partial charge in [-0.3, -0.25) is 0 Å². The largest absolute Gasteiger partial charge is 0.508 e. The number of phenolic OH excluding ortho intramolecular Hbond substituents is 1. The highest BCUT2D eigenvalue weighted by atomic mass is 16.3. The Bertz CT molecular complexity index is 368. The minimum atomic E-state index is 0.168. The van der Waals surface area contributed by atoms with Crippen molar-refractivity contribution in [2.45, 2.75) is 57.8 Å². The zero-order valence-electron chi connectivity index (χ0n) is 10.6. The van der Waals surface area contributed by atoms with Crippen LogP contribution in [0, 0.1) is 0 Å². The van der Waals surface area contributed by atoms with Crippen LogP contribution in [-0.2, 0) is 5.41 Å². The molecule has 1 nitrogen and oxygen atoms in total. The monoisotopic (exact) mass is 218 g/mol. The third kappa shape index (κ3) is 2.23. The van der Waals surface area contributed by atoms with Crippen LogP contribution in [-0.4, -0.2) is 5.11 Å². The van der Waals surface area contributed by atoms with Crippen LogP contribution in [0.4, 0.5) is 0 Å². The molecule has 1 aromatic rings. The molecule has 1 saturated carbocycles. The van der Waals surface area contributed by atoms with Gasteiger partial charge in [0.05, 0.1) is 0 Å². The van der Waals surface area contributed by atoms with E-state index in [1.807, 2.05) is 12.1 Å². The molecule has 2 rings (SSSR count). The van der Waals surface area contributed by atoms with E-state index in [2.05, 4.69) is 26.8 Å². The van der Waals surface area contributed by atoms with Crippen LogP contribution in [0.15, 0.2) is 18.2 Å². The first-order valence-corrected chi connectivity index (χ1v) is 6.32. The number of benzene rings is 1. The summed E-state index contributed by atoms with van der Waals surface area (Å²) in [5.41, 5.74) is 2.67. The molecule has 16 heavy (non-hydrogen) atoms. The summed E-state index contributed by atoms with van der Waals surface area (Å²) in [6.07, 6.45) is 5.09. The van der Waals surface area contributed by atoms with E-state index in [4.69, 9.17) is 0 Å². The van der Waals surface area contributed by atoms with E-state index in [9.17, 15) is 5.11 Å². The maximum Gasteiger partial charge on any atom is 0.119 e. The molecule has 1 N–H and O–H groups in total. The lowest BCUT2D eigenvalue weighted by atomic mass is 9.84. The van der Waals surface area contributed by atoms with Crippen molar-refractivity contribution >= 4 is 0 Å². The van der Waals surface area contributed by atoms with Crippen LogP contribution >= 0.6 is 0 Å². The van der Waals surface area contributed by atoms with E-state index in [-0.39, 0.29) is 5.41 Å². The second-order valence-corrected chi connectivity index (χ2v) is 6.00. The Kier molecular flexibility index (Phi) is 2.96. The quantitative estimate of drug-likeness (QED) is 0.743. The first-order valence-electron chi connectivity index (χ1n) is 6.32. The van der Waals surface area contributed by atoms with E-state index < -0.39 is 0 Å². The molecule has 0 aromatic heterocycles. The van der Waals surface area contributed by atoms with Crippen molar-refractivity contribution in [2.75, 3.05) is 0 Å². The summed E-state index contributed by atoms with van der Waals surface area (Å²) in [4.78, 5) is 0. The van der Waals surface area contributed by atoms with Gasteiger partial charge in [0.2, 0.25) is 0 Å². The van der Waals surface area contributed by atoms with Gasteiger partial charge in [0.1, 0.15) is 5.75 Å². The van der Waals surface area contributed by atoms with E-state index >= 15 is 0 Å². The van der Waals surface area contributed by atoms with Crippen LogP contribution in [0.5, 0.6) is 5.75 Å². The molecule has 1 fully saturated rings. The molecule has 0 heterocycles. The summed E-state index contributed by atoms with van der Waals surface area (Å²) in [7, 11) is 0. The maximum absolute atomic E-state index is 9.96. The SMILES string of the molecule is CC(C)(C)c1ccc(O)c(C2CCCC2)c1. The van der Waals surface area contributed by atoms with Crippen molar-refractivity contribution in [3.63, 3.8) is 0 Å². The van der Waals surface area contributed by atoms with Crippen molar-refractivity contribution in [1.29, 1.82) is 0 Å². The van der Waals surface area contributed by atoms with E-state index in [0.717, 1.165) is 0 Å². The number of phenols is 1. The van der Waals surface area contributed by atoms with Gasteiger partial charge in [-0.05, 0) is 41.4 Å². The van der Waals surface area contributed by atoms with Crippen LogP contribution in [0.2, 0.25) is 0 Å². The number of hydrogen-bond acceptors (Lipinski definition) is 1. The minimum Gasteiger partial charge on any atom is -0.508 e. The zero-order valence-corrected chi connectivity index (χ0v) is 10.6. The van der Waals surface area contributed by atoms with E-state index in [0.29, 0.717) is 11.7 Å². The first-order chi connectivity index (χ1) is 7.48. The molecule has 0 atom stereocenters. The van der Waals surface area contributed by atoms with Gasteiger partial charge in [0.25, 0.3) is 0 Å². The van der Waals surface area contributed by atoms with Crippen LogP contribution in [0.1, 0.15) is 63.5 Å². The van der Waals surface area contributed by atoms with Gasteiger partial charge in [-0.25, -0.2) is 0 Å². The topological polar surface area (TPSA) is 20.2 Å². The highest BCUT2D eigenvalue weighted by molar-refractivity contribution is 5.41. The third-order valence-electron chi connectivity index (χ3n) is 3.69. The summed E-state index contributed by atoms with van der Waals surface area (Å²) in [5.74, 6) is 1.07. The molecule has 0 spiro atoms. The summed E-state index contributed by atoms with van der Waals surface area (Å²) in [5, 5.41) is 9.96.